The molecule has 0 spiro atoms. The Bertz CT molecular complexity index is 289. The minimum atomic E-state index is -1.75. The molecule has 0 aromatic carbocycles. The Labute approximate surface area is 126 Å². The Hall–Kier alpha value is -1.69. The molecule has 12 heteroatoms. The summed E-state index contributed by atoms with van der Waals surface area (Å²) < 4.78 is 19.2. The van der Waals surface area contributed by atoms with Crippen molar-refractivity contribution in [1.29, 1.82) is 0 Å². The van der Waals surface area contributed by atoms with Gasteiger partial charge in [0, 0.05) is 16.8 Å². The Balaban J connectivity index is -0.000000103. The van der Waals surface area contributed by atoms with Gasteiger partial charge < -0.3 is 20.8 Å². The Morgan fingerprint density at radius 1 is 0.650 bits per heavy atom. The number of rotatable bonds is 2. The van der Waals surface area contributed by atoms with Crippen LogP contribution < -0.4 is 0 Å². The maximum atomic E-state index is 9.62. The first-order valence-corrected chi connectivity index (χ1v) is 4.73. The summed E-state index contributed by atoms with van der Waals surface area (Å²) in [6.45, 7) is 6.15. The van der Waals surface area contributed by atoms with Crippen LogP contribution in [0.4, 0.5) is 8.63 Å². The second kappa shape index (κ2) is 19.6. The summed E-state index contributed by atoms with van der Waals surface area (Å²) >= 11 is 0. The van der Waals surface area contributed by atoms with Crippen LogP contribution in [0.25, 0.3) is 0 Å². The molecule has 119 valence electrons. The predicted octanol–water partition coefficient (Wildman–Crippen LogP) is 1.56. The first-order valence-electron chi connectivity index (χ1n) is 4.73. The molecule has 0 saturated carbocycles. The zero-order valence-electron chi connectivity index (χ0n) is 11.4. The second-order valence-corrected chi connectivity index (χ2v) is 2.84. The molecule has 0 aliphatic heterocycles. The van der Waals surface area contributed by atoms with Crippen molar-refractivity contribution in [3.8, 4) is 0 Å². The molecule has 20 heavy (non-hydrogen) atoms. The number of hydrogen-bond donors (Lipinski definition) is 4. The van der Waals surface area contributed by atoms with Crippen LogP contribution in [-0.4, -0.2) is 51.5 Å². The molecular formula is C8H17BCoF2N4O4. The normalized spacial score (nSPS) is 12.1. The quantitative estimate of drug-likeness (QED) is 0.263. The van der Waals surface area contributed by atoms with Crippen LogP contribution in [0.3, 0.4) is 0 Å². The van der Waals surface area contributed by atoms with Crippen LogP contribution in [0.5, 0.6) is 0 Å². The minimum absolute atomic E-state index is 0. The molecule has 0 unspecified atom stereocenters. The smallest absolute Gasteiger partial charge is 0.411 e. The van der Waals surface area contributed by atoms with Crippen molar-refractivity contribution in [1.82, 2.24) is 0 Å². The first kappa shape index (κ1) is 26.8. The molecule has 0 fully saturated rings. The van der Waals surface area contributed by atoms with E-state index in [-0.39, 0.29) is 16.8 Å². The van der Waals surface area contributed by atoms with Gasteiger partial charge in [-0.15, -0.1) is 0 Å². The number of oxime groups is 4. The number of nitrogens with zero attached hydrogens (tertiary/aromatic N) is 4. The molecular weight excluding hydrogens is 324 g/mol. The summed E-state index contributed by atoms with van der Waals surface area (Å²) in [5, 5.41) is 43.3. The van der Waals surface area contributed by atoms with E-state index in [2.05, 4.69) is 20.6 Å². The minimum Gasteiger partial charge on any atom is -0.411 e. The van der Waals surface area contributed by atoms with E-state index in [1.165, 1.54) is 27.7 Å². The van der Waals surface area contributed by atoms with Gasteiger partial charge in [-0.25, -0.2) is 0 Å². The molecule has 0 aliphatic carbocycles. The average Bonchev–Trinajstić information content (AvgIpc) is 2.45. The maximum Gasteiger partial charge on any atom is 0.521 e. The van der Waals surface area contributed by atoms with Gasteiger partial charge in [-0.2, -0.15) is 0 Å². The van der Waals surface area contributed by atoms with Crippen molar-refractivity contribution < 1.29 is 46.2 Å². The van der Waals surface area contributed by atoms with Gasteiger partial charge in [-0.3, -0.25) is 8.63 Å². The van der Waals surface area contributed by atoms with Gasteiger partial charge in [0.25, 0.3) is 0 Å². The molecule has 0 heterocycles. The summed E-state index contributed by atoms with van der Waals surface area (Å²) in [7, 11) is -1.75. The summed E-state index contributed by atoms with van der Waals surface area (Å²) in [5.74, 6) is 0. The van der Waals surface area contributed by atoms with Crippen molar-refractivity contribution >= 4 is 30.7 Å². The van der Waals surface area contributed by atoms with Crippen LogP contribution in [0, 0.1) is 0 Å². The van der Waals surface area contributed by atoms with Gasteiger partial charge in [-0.05, 0) is 27.7 Å². The van der Waals surface area contributed by atoms with Crippen molar-refractivity contribution in [2.24, 2.45) is 20.6 Å². The summed E-state index contributed by atoms with van der Waals surface area (Å²) in [6, 6.07) is 0. The molecule has 8 nitrogen and oxygen atoms in total. The largest absolute Gasteiger partial charge is 0.521 e. The first-order chi connectivity index (χ1) is 8.85. The third-order valence-electron chi connectivity index (χ3n) is 1.65. The van der Waals surface area contributed by atoms with Gasteiger partial charge in [-0.1, -0.05) is 20.6 Å². The van der Waals surface area contributed by atoms with Crippen molar-refractivity contribution in [2.45, 2.75) is 27.7 Å². The molecule has 0 aromatic heterocycles. The predicted molar refractivity (Wildman–Crippen MR) is 68.9 cm³/mol. The average molecular weight is 341 g/mol. The summed E-state index contributed by atoms with van der Waals surface area (Å²) in [5.41, 5.74) is 1.25. The number of hydrogen-bond acceptors (Lipinski definition) is 8. The fourth-order valence-electron chi connectivity index (χ4n) is 0.289. The van der Waals surface area contributed by atoms with Crippen molar-refractivity contribution in [3.63, 3.8) is 0 Å². The second-order valence-electron chi connectivity index (χ2n) is 2.84. The Kier molecular flexibility index (Phi) is 26.3. The van der Waals surface area contributed by atoms with Crippen LogP contribution in [0.15, 0.2) is 20.6 Å². The van der Waals surface area contributed by atoms with Crippen LogP contribution >= 0.6 is 0 Å². The Morgan fingerprint density at radius 3 is 0.800 bits per heavy atom. The zero-order chi connectivity index (χ0) is 15.8. The summed E-state index contributed by atoms with van der Waals surface area (Å²) in [6.07, 6.45) is 0. The molecule has 0 saturated heterocycles. The fraction of sp³-hybridized carbons (Fsp3) is 0.500. The molecule has 1 radical (unpaired) electrons. The van der Waals surface area contributed by atoms with E-state index in [0.717, 1.165) is 0 Å². The Morgan fingerprint density at radius 2 is 0.750 bits per heavy atom. The third-order valence-corrected chi connectivity index (χ3v) is 1.65. The maximum absolute atomic E-state index is 9.62. The molecule has 0 aromatic rings. The van der Waals surface area contributed by atoms with Crippen molar-refractivity contribution in [3.05, 3.63) is 0 Å². The van der Waals surface area contributed by atoms with Gasteiger partial charge in [0.2, 0.25) is 0 Å². The van der Waals surface area contributed by atoms with Crippen LogP contribution in [0.2, 0.25) is 0 Å². The van der Waals surface area contributed by atoms with E-state index in [0.29, 0.717) is 22.8 Å². The molecule has 0 aliphatic rings. The van der Waals surface area contributed by atoms with Gasteiger partial charge >= 0.3 is 7.83 Å². The standard InChI is InChI=1S/2C4H8N2O2.BF2H.Co/c2*1-3(5-7)4(2)6-8;2-1-3;/h2*7-8H,1-2H3;1H;. The van der Waals surface area contributed by atoms with Crippen LogP contribution in [0.1, 0.15) is 27.7 Å². The molecule has 0 amide bonds. The van der Waals surface area contributed by atoms with Crippen LogP contribution in [-0.2, 0) is 16.8 Å². The fourth-order valence-corrected chi connectivity index (χ4v) is 0.289. The zero-order valence-corrected chi connectivity index (χ0v) is 12.4. The van der Waals surface area contributed by atoms with Gasteiger partial charge in [0.15, 0.2) is 0 Å². The van der Waals surface area contributed by atoms with E-state index in [9.17, 15) is 8.63 Å². The monoisotopic (exact) mass is 341 g/mol. The molecule has 4 N–H and O–H groups in total. The van der Waals surface area contributed by atoms with E-state index < -0.39 is 7.83 Å². The van der Waals surface area contributed by atoms with Gasteiger partial charge in [0.05, 0.1) is 0 Å². The molecule has 0 atom stereocenters. The third kappa shape index (κ3) is 18.7. The van der Waals surface area contributed by atoms with E-state index in [4.69, 9.17) is 20.8 Å². The van der Waals surface area contributed by atoms with Crippen molar-refractivity contribution in [2.75, 3.05) is 0 Å². The SMILES string of the molecule is CC(=NO)C(C)=NO.CC(=NO)C(C)=NO.FBF.[Co]. The van der Waals surface area contributed by atoms with E-state index >= 15 is 0 Å². The molecule has 0 bridgehead atoms. The van der Waals surface area contributed by atoms with E-state index in [1.807, 2.05) is 0 Å². The molecule has 0 rings (SSSR count). The summed E-state index contributed by atoms with van der Waals surface area (Å²) in [4.78, 5) is 0. The number of halogens is 2. The van der Waals surface area contributed by atoms with E-state index in [1.54, 1.807) is 0 Å². The van der Waals surface area contributed by atoms with Gasteiger partial charge in [0.1, 0.15) is 22.8 Å². The topological polar surface area (TPSA) is 130 Å².